The van der Waals surface area contributed by atoms with Crippen molar-refractivity contribution in [2.75, 3.05) is 13.2 Å². The molecule has 1 atom stereocenters. The van der Waals surface area contributed by atoms with Crippen LogP contribution in [-0.2, 0) is 18.4 Å². The van der Waals surface area contributed by atoms with Crippen molar-refractivity contribution >= 4 is 13.4 Å². The molecule has 0 spiro atoms. The Labute approximate surface area is 84.5 Å². The highest BCUT2D eigenvalue weighted by atomic mass is 31.2. The van der Waals surface area contributed by atoms with Gasteiger partial charge in [0.2, 0.25) is 0 Å². The Kier molecular flexibility index (Phi) is 4.30. The van der Waals surface area contributed by atoms with E-state index in [4.69, 9.17) is 9.05 Å². The van der Waals surface area contributed by atoms with E-state index in [2.05, 4.69) is 0 Å². The second kappa shape index (κ2) is 5.06. The van der Waals surface area contributed by atoms with Gasteiger partial charge in [-0.1, -0.05) is 0 Å². The van der Waals surface area contributed by atoms with E-state index >= 15 is 0 Å². The van der Waals surface area contributed by atoms with E-state index in [1.807, 2.05) is 0 Å². The van der Waals surface area contributed by atoms with Crippen molar-refractivity contribution in [1.29, 1.82) is 0 Å². The van der Waals surface area contributed by atoms with E-state index < -0.39 is 13.3 Å². The summed E-state index contributed by atoms with van der Waals surface area (Å²) in [6, 6.07) is 0. The fourth-order valence-electron chi connectivity index (χ4n) is 1.71. The Morgan fingerprint density at radius 2 is 1.93 bits per heavy atom. The minimum absolute atomic E-state index is 0.0234. The molecule has 1 aliphatic carbocycles. The minimum atomic E-state index is -3.17. The molecule has 0 saturated heterocycles. The van der Waals surface area contributed by atoms with E-state index in [1.165, 1.54) is 0 Å². The maximum absolute atomic E-state index is 12.2. The normalized spacial score (nSPS) is 23.0. The van der Waals surface area contributed by atoms with Crippen LogP contribution in [0.3, 0.4) is 0 Å². The summed E-state index contributed by atoms with van der Waals surface area (Å²) in [5.41, 5.74) is -0.512. The zero-order valence-corrected chi connectivity index (χ0v) is 9.59. The Hall–Kier alpha value is -0.180. The molecule has 1 fully saturated rings. The van der Waals surface area contributed by atoms with Crippen LogP contribution in [0, 0.1) is 0 Å². The summed E-state index contributed by atoms with van der Waals surface area (Å²) in [6.07, 6.45) is 1.94. The first-order valence-electron chi connectivity index (χ1n) is 5.05. The van der Waals surface area contributed by atoms with Crippen molar-refractivity contribution in [3.8, 4) is 0 Å². The average Bonchev–Trinajstić information content (AvgIpc) is 2.52. The molecule has 0 aromatic rings. The zero-order chi connectivity index (χ0) is 10.6. The van der Waals surface area contributed by atoms with Crippen molar-refractivity contribution in [2.24, 2.45) is 0 Å². The van der Waals surface area contributed by atoms with Gasteiger partial charge < -0.3 is 9.05 Å². The standard InChI is InChI=1S/C9H17O4P/c1-3-12-14(11,13-4-2)9-7-5-6-8(9)10/h9H,3-7H2,1-2H3/t9-/m0/s1. The molecule has 82 valence electrons. The molecule has 1 rings (SSSR count). The average molecular weight is 220 g/mol. The molecule has 4 nitrogen and oxygen atoms in total. The number of rotatable bonds is 5. The monoisotopic (exact) mass is 220 g/mol. The van der Waals surface area contributed by atoms with Crippen LogP contribution in [0.4, 0.5) is 0 Å². The van der Waals surface area contributed by atoms with Crippen LogP contribution in [0.5, 0.6) is 0 Å². The van der Waals surface area contributed by atoms with E-state index in [-0.39, 0.29) is 5.78 Å². The van der Waals surface area contributed by atoms with Crippen LogP contribution < -0.4 is 0 Å². The topological polar surface area (TPSA) is 52.6 Å². The van der Waals surface area contributed by atoms with Crippen molar-refractivity contribution in [1.82, 2.24) is 0 Å². The molecular formula is C9H17O4P. The third-order valence-corrected chi connectivity index (χ3v) is 4.82. The summed E-state index contributed by atoms with van der Waals surface area (Å²) < 4.78 is 22.4. The Morgan fingerprint density at radius 1 is 1.36 bits per heavy atom. The van der Waals surface area contributed by atoms with Crippen LogP contribution in [0.1, 0.15) is 33.1 Å². The molecule has 0 bridgehead atoms. The van der Waals surface area contributed by atoms with Gasteiger partial charge >= 0.3 is 7.60 Å². The summed E-state index contributed by atoms with van der Waals surface area (Å²) in [4.78, 5) is 11.4. The Bertz CT molecular complexity index is 241. The van der Waals surface area contributed by atoms with Crippen molar-refractivity contribution in [3.63, 3.8) is 0 Å². The van der Waals surface area contributed by atoms with E-state index in [9.17, 15) is 9.36 Å². The highest BCUT2D eigenvalue weighted by Gasteiger charge is 2.42. The van der Waals surface area contributed by atoms with Gasteiger partial charge in [-0.3, -0.25) is 9.36 Å². The molecule has 0 unspecified atom stereocenters. The fourth-order valence-corrected chi connectivity index (χ4v) is 3.84. The van der Waals surface area contributed by atoms with Crippen LogP contribution >= 0.6 is 7.60 Å². The lowest BCUT2D eigenvalue weighted by Crippen LogP contribution is -2.17. The molecule has 1 aliphatic rings. The zero-order valence-electron chi connectivity index (χ0n) is 8.69. The predicted molar refractivity (Wildman–Crippen MR) is 53.5 cm³/mol. The third kappa shape index (κ3) is 2.44. The first kappa shape index (κ1) is 11.9. The van der Waals surface area contributed by atoms with Crippen LogP contribution in [0.15, 0.2) is 0 Å². The molecule has 0 radical (unpaired) electrons. The highest BCUT2D eigenvalue weighted by molar-refractivity contribution is 7.55. The summed E-state index contributed by atoms with van der Waals surface area (Å²) in [5.74, 6) is 0.0234. The number of ketones is 1. The largest absolute Gasteiger partial charge is 0.341 e. The SMILES string of the molecule is CCOP(=O)(OCC)[C@H]1CCCC1=O. The smallest absolute Gasteiger partial charge is 0.308 e. The molecule has 0 heterocycles. The Balaban J connectivity index is 2.75. The van der Waals surface area contributed by atoms with Gasteiger partial charge in [-0.05, 0) is 26.7 Å². The van der Waals surface area contributed by atoms with Gasteiger partial charge in [-0.25, -0.2) is 0 Å². The number of carbonyl (C=O) groups excluding carboxylic acids is 1. The van der Waals surface area contributed by atoms with Crippen molar-refractivity contribution < 1.29 is 18.4 Å². The molecule has 5 heteroatoms. The molecular weight excluding hydrogens is 203 g/mol. The Morgan fingerprint density at radius 3 is 2.29 bits per heavy atom. The molecule has 0 N–H and O–H groups in total. The maximum atomic E-state index is 12.2. The maximum Gasteiger partial charge on any atom is 0.341 e. The lowest BCUT2D eigenvalue weighted by molar-refractivity contribution is -0.117. The lowest BCUT2D eigenvalue weighted by Gasteiger charge is -2.21. The second-order valence-electron chi connectivity index (χ2n) is 3.25. The summed E-state index contributed by atoms with van der Waals surface area (Å²) in [6.45, 7) is 4.15. The third-order valence-electron chi connectivity index (χ3n) is 2.27. The first-order valence-corrected chi connectivity index (χ1v) is 6.66. The van der Waals surface area contributed by atoms with Gasteiger partial charge in [-0.15, -0.1) is 0 Å². The summed E-state index contributed by atoms with van der Waals surface area (Å²) >= 11 is 0. The second-order valence-corrected chi connectivity index (χ2v) is 5.47. The molecule has 1 saturated carbocycles. The lowest BCUT2D eigenvalue weighted by atomic mass is 10.3. The molecule has 0 aromatic carbocycles. The van der Waals surface area contributed by atoms with Gasteiger partial charge in [0, 0.05) is 6.42 Å². The quantitative estimate of drug-likeness (QED) is 0.667. The van der Waals surface area contributed by atoms with Crippen LogP contribution in [0.25, 0.3) is 0 Å². The number of Topliss-reactive ketones (excluding diaryl/α,β-unsaturated/α-hetero) is 1. The number of hydrogen-bond donors (Lipinski definition) is 0. The summed E-state index contributed by atoms with van der Waals surface area (Å²) in [7, 11) is -3.17. The predicted octanol–water partition coefficient (Wildman–Crippen LogP) is 2.37. The van der Waals surface area contributed by atoms with Gasteiger partial charge in [0.05, 0.1) is 13.2 Å². The molecule has 0 aliphatic heterocycles. The van der Waals surface area contributed by atoms with Crippen LogP contribution in [-0.4, -0.2) is 24.7 Å². The van der Waals surface area contributed by atoms with E-state index in [0.717, 1.165) is 6.42 Å². The van der Waals surface area contributed by atoms with Gasteiger partial charge in [-0.2, -0.15) is 0 Å². The van der Waals surface area contributed by atoms with Gasteiger partial charge in [0.25, 0.3) is 0 Å². The van der Waals surface area contributed by atoms with E-state index in [1.54, 1.807) is 13.8 Å². The highest BCUT2D eigenvalue weighted by Crippen LogP contribution is 2.56. The van der Waals surface area contributed by atoms with Gasteiger partial charge in [0.1, 0.15) is 11.4 Å². The van der Waals surface area contributed by atoms with Crippen molar-refractivity contribution in [2.45, 2.75) is 38.8 Å². The first-order chi connectivity index (χ1) is 6.64. The molecule has 0 aromatic heterocycles. The summed E-state index contributed by atoms with van der Waals surface area (Å²) in [5, 5.41) is 0. The number of hydrogen-bond acceptors (Lipinski definition) is 4. The van der Waals surface area contributed by atoms with Gasteiger partial charge in [0.15, 0.2) is 0 Å². The van der Waals surface area contributed by atoms with Crippen molar-refractivity contribution in [3.05, 3.63) is 0 Å². The molecule has 14 heavy (non-hydrogen) atoms. The van der Waals surface area contributed by atoms with E-state index in [0.29, 0.717) is 26.1 Å². The number of carbonyl (C=O) groups is 1. The van der Waals surface area contributed by atoms with Crippen LogP contribution in [0.2, 0.25) is 0 Å². The minimum Gasteiger partial charge on any atom is -0.308 e. The fraction of sp³-hybridized carbons (Fsp3) is 0.889. The molecule has 0 amide bonds.